The van der Waals surface area contributed by atoms with Gasteiger partial charge in [0.05, 0.1) is 18.3 Å². The lowest BCUT2D eigenvalue weighted by molar-refractivity contribution is -0.139. The maximum absolute atomic E-state index is 13.0. The number of rotatable bonds is 8. The largest absolute Gasteiger partial charge is 0.493 e. The number of aryl methyl sites for hydroxylation is 1. The molecule has 2 aromatic rings. The normalized spacial score (nSPS) is 12.5. The molecule has 0 aliphatic heterocycles. The molecule has 8 heteroatoms. The summed E-state index contributed by atoms with van der Waals surface area (Å²) in [6.45, 7) is 1.85. The van der Waals surface area contributed by atoms with Crippen LogP contribution in [0.3, 0.4) is 0 Å². The summed E-state index contributed by atoms with van der Waals surface area (Å²) in [5, 5.41) is 13.1. The lowest BCUT2D eigenvalue weighted by atomic mass is 10.0. The van der Waals surface area contributed by atoms with Gasteiger partial charge in [0.2, 0.25) is 5.91 Å². The number of carbonyl (C=O) groups excluding carboxylic acids is 1. The highest BCUT2D eigenvalue weighted by Crippen LogP contribution is 2.34. The Kier molecular flexibility index (Phi) is 7.71. The van der Waals surface area contributed by atoms with E-state index in [-0.39, 0.29) is 24.4 Å². The van der Waals surface area contributed by atoms with Crippen LogP contribution in [0, 0.1) is 6.92 Å². The van der Waals surface area contributed by atoms with Crippen LogP contribution < -0.4 is 10.1 Å². The molecule has 0 bridgehead atoms. The van der Waals surface area contributed by atoms with Crippen molar-refractivity contribution in [3.63, 3.8) is 0 Å². The van der Waals surface area contributed by atoms with Crippen LogP contribution in [0.4, 0.5) is 13.2 Å². The number of hydrogen-bond donors (Lipinski definition) is 2. The molecule has 1 unspecified atom stereocenters. The maximum atomic E-state index is 13.0. The molecular weight excluding hydrogens is 395 g/mol. The highest BCUT2D eigenvalue weighted by molar-refractivity contribution is 6.30. The number of halogens is 4. The Hall–Kier alpha value is -2.25. The van der Waals surface area contributed by atoms with Crippen LogP contribution in [0.5, 0.6) is 5.75 Å². The lowest BCUT2D eigenvalue weighted by Crippen LogP contribution is -2.29. The van der Waals surface area contributed by atoms with Crippen molar-refractivity contribution in [3.05, 3.63) is 64.2 Å². The van der Waals surface area contributed by atoms with Gasteiger partial charge in [0, 0.05) is 18.0 Å². The fourth-order valence-corrected chi connectivity index (χ4v) is 2.87. The molecule has 0 saturated carbocycles. The Morgan fingerprint density at radius 3 is 2.64 bits per heavy atom. The van der Waals surface area contributed by atoms with Crippen LogP contribution in [0.25, 0.3) is 0 Å². The smallest absolute Gasteiger partial charge is 0.416 e. The molecule has 2 rings (SSSR count). The van der Waals surface area contributed by atoms with E-state index in [0.29, 0.717) is 23.8 Å². The minimum absolute atomic E-state index is 0.125. The summed E-state index contributed by atoms with van der Waals surface area (Å²) in [6.07, 6.45) is -5.47. The first-order chi connectivity index (χ1) is 13.2. The molecule has 1 amide bonds. The number of benzene rings is 2. The minimum Gasteiger partial charge on any atom is -0.493 e. The molecule has 1 atom stereocenters. The van der Waals surface area contributed by atoms with Gasteiger partial charge < -0.3 is 15.2 Å². The molecule has 152 valence electrons. The Morgan fingerprint density at radius 1 is 1.25 bits per heavy atom. The Bertz CT molecular complexity index is 812. The number of hydrogen-bond acceptors (Lipinski definition) is 3. The van der Waals surface area contributed by atoms with Gasteiger partial charge in [-0.2, -0.15) is 13.2 Å². The Morgan fingerprint density at radius 2 is 1.96 bits per heavy atom. The first-order valence-corrected chi connectivity index (χ1v) is 9.06. The first-order valence-electron chi connectivity index (χ1n) is 8.68. The third-order valence-corrected chi connectivity index (χ3v) is 4.30. The van der Waals surface area contributed by atoms with Gasteiger partial charge in [-0.15, -0.1) is 0 Å². The maximum Gasteiger partial charge on any atom is 0.416 e. The second-order valence-electron chi connectivity index (χ2n) is 6.27. The van der Waals surface area contributed by atoms with Gasteiger partial charge in [0.15, 0.2) is 0 Å². The van der Waals surface area contributed by atoms with Crippen LogP contribution in [-0.4, -0.2) is 24.2 Å². The van der Waals surface area contributed by atoms with Gasteiger partial charge in [-0.1, -0.05) is 29.8 Å². The second-order valence-corrected chi connectivity index (χ2v) is 6.70. The molecule has 4 nitrogen and oxygen atoms in total. The van der Waals surface area contributed by atoms with Gasteiger partial charge in [-0.05, 0) is 48.7 Å². The lowest BCUT2D eigenvalue weighted by Gasteiger charge is -2.18. The van der Waals surface area contributed by atoms with E-state index in [1.54, 1.807) is 18.2 Å². The molecule has 0 spiro atoms. The van der Waals surface area contributed by atoms with Crippen LogP contribution >= 0.6 is 11.6 Å². The number of nitrogens with one attached hydrogen (secondary N) is 1. The number of aliphatic hydroxyl groups excluding tert-OH is 1. The van der Waals surface area contributed by atoms with E-state index in [1.807, 2.05) is 6.92 Å². The van der Waals surface area contributed by atoms with E-state index in [1.165, 1.54) is 18.2 Å². The summed E-state index contributed by atoms with van der Waals surface area (Å²) in [4.78, 5) is 11.9. The zero-order valence-electron chi connectivity index (χ0n) is 15.2. The zero-order valence-corrected chi connectivity index (χ0v) is 16.0. The van der Waals surface area contributed by atoms with Crippen LogP contribution in [0.2, 0.25) is 5.02 Å². The van der Waals surface area contributed by atoms with Gasteiger partial charge >= 0.3 is 6.18 Å². The molecule has 28 heavy (non-hydrogen) atoms. The van der Waals surface area contributed by atoms with E-state index < -0.39 is 17.8 Å². The Balaban J connectivity index is 1.77. The van der Waals surface area contributed by atoms with E-state index in [9.17, 15) is 23.1 Å². The average molecular weight is 416 g/mol. The minimum atomic E-state index is -4.57. The molecule has 2 N–H and O–H groups in total. The topological polar surface area (TPSA) is 58.6 Å². The van der Waals surface area contributed by atoms with Crippen LogP contribution in [0.1, 0.15) is 35.6 Å². The monoisotopic (exact) mass is 415 g/mol. The second kappa shape index (κ2) is 9.80. The van der Waals surface area contributed by atoms with Crippen molar-refractivity contribution in [3.8, 4) is 5.75 Å². The highest BCUT2D eigenvalue weighted by Gasteiger charge is 2.34. The summed E-state index contributed by atoms with van der Waals surface area (Å²) in [5.41, 5.74) is -0.302. The molecule has 0 heterocycles. The molecule has 0 aliphatic carbocycles. The van der Waals surface area contributed by atoms with Crippen molar-refractivity contribution >= 4 is 17.5 Å². The van der Waals surface area contributed by atoms with E-state index in [2.05, 4.69) is 5.32 Å². The standard InChI is InChI=1S/C20H21ClF3NO3/c1-13-11-14(21)8-9-18(13)28-10-4-7-19(27)25-12-17(26)15-5-2-3-6-16(15)20(22,23)24/h2-3,5-6,8-9,11,17,26H,4,7,10,12H2,1H3,(H,25,27). The Labute approximate surface area is 166 Å². The summed E-state index contributed by atoms with van der Waals surface area (Å²) in [5.74, 6) is 0.295. The summed E-state index contributed by atoms with van der Waals surface area (Å²) in [7, 11) is 0. The highest BCUT2D eigenvalue weighted by atomic mass is 35.5. The molecule has 0 aliphatic rings. The van der Waals surface area contributed by atoms with E-state index in [4.69, 9.17) is 16.3 Å². The molecule has 0 radical (unpaired) electrons. The average Bonchev–Trinajstić information content (AvgIpc) is 2.64. The van der Waals surface area contributed by atoms with Crippen molar-refractivity contribution in [2.45, 2.75) is 32.0 Å². The summed E-state index contributed by atoms with van der Waals surface area (Å²) in [6, 6.07) is 9.97. The predicted molar refractivity (Wildman–Crippen MR) is 100 cm³/mol. The van der Waals surface area contributed by atoms with Crippen molar-refractivity contribution in [1.29, 1.82) is 0 Å². The van der Waals surface area contributed by atoms with Crippen molar-refractivity contribution in [2.24, 2.45) is 0 Å². The number of amides is 1. The SMILES string of the molecule is Cc1cc(Cl)ccc1OCCCC(=O)NCC(O)c1ccccc1C(F)(F)F. The molecule has 0 saturated heterocycles. The third-order valence-electron chi connectivity index (χ3n) is 4.06. The van der Waals surface area contributed by atoms with Crippen molar-refractivity contribution < 1.29 is 27.8 Å². The van der Waals surface area contributed by atoms with Gasteiger partial charge in [-0.25, -0.2) is 0 Å². The number of carbonyl (C=O) groups is 1. The number of aliphatic hydroxyl groups is 1. The fraction of sp³-hybridized carbons (Fsp3) is 0.350. The third kappa shape index (κ3) is 6.42. The predicted octanol–water partition coefficient (Wildman–Crippen LogP) is 4.68. The van der Waals surface area contributed by atoms with Crippen LogP contribution in [-0.2, 0) is 11.0 Å². The fourth-order valence-electron chi connectivity index (χ4n) is 2.64. The van der Waals surface area contributed by atoms with E-state index in [0.717, 1.165) is 11.6 Å². The quantitative estimate of drug-likeness (QED) is 0.616. The number of alkyl halides is 3. The first kappa shape index (κ1) is 22.0. The van der Waals surface area contributed by atoms with Gasteiger partial charge in [0.1, 0.15) is 5.75 Å². The van der Waals surface area contributed by atoms with E-state index >= 15 is 0 Å². The molecule has 0 fully saturated rings. The summed E-state index contributed by atoms with van der Waals surface area (Å²) >= 11 is 5.87. The number of ether oxygens (including phenoxy) is 1. The van der Waals surface area contributed by atoms with Crippen LogP contribution in [0.15, 0.2) is 42.5 Å². The molecule has 0 aromatic heterocycles. The van der Waals surface area contributed by atoms with Crippen molar-refractivity contribution in [1.82, 2.24) is 5.32 Å². The molecular formula is C20H21ClF3NO3. The van der Waals surface area contributed by atoms with Gasteiger partial charge in [-0.3, -0.25) is 4.79 Å². The molecule has 2 aromatic carbocycles. The van der Waals surface area contributed by atoms with Crippen molar-refractivity contribution in [2.75, 3.05) is 13.2 Å². The summed E-state index contributed by atoms with van der Waals surface area (Å²) < 4.78 is 44.5. The van der Waals surface area contributed by atoms with Gasteiger partial charge in [0.25, 0.3) is 0 Å². The zero-order chi connectivity index (χ0) is 20.7.